The molecule has 2 aromatic carbocycles. The minimum absolute atomic E-state index is 0.258. The molecule has 0 aliphatic carbocycles. The van der Waals surface area contributed by atoms with E-state index in [2.05, 4.69) is 20.6 Å². The van der Waals surface area contributed by atoms with Crippen LogP contribution < -0.4 is 10.6 Å². The summed E-state index contributed by atoms with van der Waals surface area (Å²) in [5, 5.41) is 6.37. The van der Waals surface area contributed by atoms with E-state index in [4.69, 9.17) is 4.42 Å². The highest BCUT2D eigenvalue weighted by atomic mass is 19.1. The molecule has 1 heterocycles. The van der Waals surface area contributed by atoms with E-state index in [0.717, 1.165) is 23.4 Å². The van der Waals surface area contributed by atoms with Crippen molar-refractivity contribution in [1.82, 2.24) is 15.6 Å². The molecule has 0 aliphatic heterocycles. The van der Waals surface area contributed by atoms with Crippen LogP contribution >= 0.6 is 0 Å². The Morgan fingerprint density at radius 1 is 1.12 bits per heavy atom. The molecule has 3 aromatic rings. The Bertz CT molecular complexity index is 861. The monoisotopic (exact) mass is 352 g/mol. The van der Waals surface area contributed by atoms with Crippen LogP contribution in [0.25, 0.3) is 11.5 Å². The van der Waals surface area contributed by atoms with Crippen LogP contribution in [-0.4, -0.2) is 17.5 Å². The van der Waals surface area contributed by atoms with Crippen molar-refractivity contribution in [3.8, 4) is 11.5 Å². The second kappa shape index (κ2) is 8.80. The number of benzene rings is 2. The summed E-state index contributed by atoms with van der Waals surface area (Å²) < 4.78 is 18.8. The first-order valence-corrected chi connectivity index (χ1v) is 8.51. The van der Waals surface area contributed by atoms with Gasteiger partial charge in [-0.05, 0) is 36.8 Å². The molecule has 26 heavy (non-hydrogen) atoms. The van der Waals surface area contributed by atoms with Gasteiger partial charge in [-0.1, -0.05) is 30.3 Å². The molecular weight excluding hydrogens is 331 g/mol. The maximum Gasteiger partial charge on any atom is 0.226 e. The van der Waals surface area contributed by atoms with Gasteiger partial charge in [-0.2, -0.15) is 0 Å². The molecule has 5 nitrogen and oxygen atoms in total. The molecule has 134 valence electrons. The molecule has 0 saturated heterocycles. The zero-order valence-electron chi connectivity index (χ0n) is 14.6. The van der Waals surface area contributed by atoms with E-state index in [1.807, 2.05) is 43.3 Å². The zero-order valence-corrected chi connectivity index (χ0v) is 14.6. The lowest BCUT2D eigenvalue weighted by Crippen LogP contribution is -2.36. The van der Waals surface area contributed by atoms with Gasteiger partial charge in [0.25, 0.3) is 0 Å². The van der Waals surface area contributed by atoms with Crippen LogP contribution in [0.1, 0.15) is 18.2 Å². The van der Waals surface area contributed by atoms with Crippen LogP contribution in [0, 0.1) is 5.82 Å². The second-order valence-electron chi connectivity index (χ2n) is 5.69. The first-order chi connectivity index (χ1) is 12.7. The van der Waals surface area contributed by atoms with Gasteiger partial charge in [0.2, 0.25) is 5.89 Å². The van der Waals surface area contributed by atoms with Gasteiger partial charge in [0.1, 0.15) is 12.1 Å². The molecule has 6 heteroatoms. The number of guanidine groups is 1. The summed E-state index contributed by atoms with van der Waals surface area (Å²) >= 11 is 0. The zero-order chi connectivity index (χ0) is 18.2. The third kappa shape index (κ3) is 4.92. The number of hydrogen-bond donors (Lipinski definition) is 2. The van der Waals surface area contributed by atoms with Gasteiger partial charge < -0.3 is 15.1 Å². The average Bonchev–Trinajstić information content (AvgIpc) is 3.14. The molecule has 0 spiro atoms. The number of halogens is 1. The van der Waals surface area contributed by atoms with Gasteiger partial charge in [0.15, 0.2) is 5.96 Å². The average molecular weight is 352 g/mol. The molecule has 2 N–H and O–H groups in total. The fourth-order valence-corrected chi connectivity index (χ4v) is 2.42. The lowest BCUT2D eigenvalue weighted by molar-refractivity contribution is 0.572. The Labute approximate surface area is 152 Å². The molecule has 0 unspecified atom stereocenters. The summed E-state index contributed by atoms with van der Waals surface area (Å²) in [5.74, 6) is 0.969. The van der Waals surface area contributed by atoms with Crippen molar-refractivity contribution in [1.29, 1.82) is 0 Å². The lowest BCUT2D eigenvalue weighted by atomic mass is 10.2. The summed E-state index contributed by atoms with van der Waals surface area (Å²) in [4.78, 5) is 8.96. The molecule has 0 radical (unpaired) electrons. The van der Waals surface area contributed by atoms with Crippen molar-refractivity contribution in [3.63, 3.8) is 0 Å². The first-order valence-electron chi connectivity index (χ1n) is 8.51. The number of aliphatic imine (C=N–C) groups is 1. The highest BCUT2D eigenvalue weighted by Crippen LogP contribution is 2.17. The lowest BCUT2D eigenvalue weighted by Gasteiger charge is -2.10. The quantitative estimate of drug-likeness (QED) is 0.524. The Balaban J connectivity index is 1.62. The molecule has 0 fully saturated rings. The topological polar surface area (TPSA) is 62.5 Å². The van der Waals surface area contributed by atoms with E-state index >= 15 is 0 Å². The Kier molecular flexibility index (Phi) is 5.98. The van der Waals surface area contributed by atoms with E-state index < -0.39 is 0 Å². The van der Waals surface area contributed by atoms with Crippen LogP contribution in [0.2, 0.25) is 0 Å². The summed E-state index contributed by atoms with van der Waals surface area (Å²) in [6.07, 6.45) is 1.63. The molecule has 0 saturated carbocycles. The van der Waals surface area contributed by atoms with E-state index in [1.54, 1.807) is 12.3 Å². The number of nitrogens with one attached hydrogen (secondary N) is 2. The second-order valence-corrected chi connectivity index (χ2v) is 5.69. The molecule has 0 amide bonds. The van der Waals surface area contributed by atoms with Gasteiger partial charge in [-0.3, -0.25) is 0 Å². The number of oxazole rings is 1. The van der Waals surface area contributed by atoms with Crippen LogP contribution in [0.5, 0.6) is 0 Å². The molecule has 0 atom stereocenters. The standard InChI is InChI=1S/C20H21FN4O/c1-2-22-20(23-12-15-7-6-10-17(21)11-15)24-13-18-14-26-19(25-18)16-8-4-3-5-9-16/h3-11,14H,2,12-13H2,1H3,(H2,22,23,24). The number of nitrogens with zero attached hydrogens (tertiary/aromatic N) is 2. The van der Waals surface area contributed by atoms with Crippen molar-refractivity contribution in [2.24, 2.45) is 4.99 Å². The normalized spacial score (nSPS) is 11.4. The Morgan fingerprint density at radius 3 is 2.73 bits per heavy atom. The van der Waals surface area contributed by atoms with Gasteiger partial charge in [-0.25, -0.2) is 14.4 Å². The third-order valence-corrected chi connectivity index (χ3v) is 3.66. The van der Waals surface area contributed by atoms with Crippen molar-refractivity contribution < 1.29 is 8.81 Å². The fraction of sp³-hybridized carbons (Fsp3) is 0.200. The van der Waals surface area contributed by atoms with E-state index in [-0.39, 0.29) is 5.82 Å². The molecule has 0 bridgehead atoms. The molecule has 1 aromatic heterocycles. The highest BCUT2D eigenvalue weighted by Gasteiger charge is 2.07. The minimum atomic E-state index is -0.258. The fourth-order valence-electron chi connectivity index (χ4n) is 2.42. The Morgan fingerprint density at radius 2 is 1.96 bits per heavy atom. The number of hydrogen-bond acceptors (Lipinski definition) is 3. The predicted octanol–water partition coefficient (Wildman–Crippen LogP) is 3.74. The van der Waals surface area contributed by atoms with Crippen LogP contribution in [0.4, 0.5) is 4.39 Å². The summed E-state index contributed by atoms with van der Waals surface area (Å²) in [6.45, 7) is 3.58. The van der Waals surface area contributed by atoms with Crippen LogP contribution in [0.15, 0.2) is 70.3 Å². The van der Waals surface area contributed by atoms with Crippen molar-refractivity contribution in [2.45, 2.75) is 20.0 Å². The third-order valence-electron chi connectivity index (χ3n) is 3.66. The highest BCUT2D eigenvalue weighted by molar-refractivity contribution is 5.79. The molecule has 3 rings (SSSR count). The number of aromatic nitrogens is 1. The minimum Gasteiger partial charge on any atom is -0.444 e. The van der Waals surface area contributed by atoms with Crippen LogP contribution in [-0.2, 0) is 13.1 Å². The first kappa shape index (κ1) is 17.7. The Hall–Kier alpha value is -3.15. The van der Waals surface area contributed by atoms with Crippen LogP contribution in [0.3, 0.4) is 0 Å². The van der Waals surface area contributed by atoms with Crippen molar-refractivity contribution >= 4 is 5.96 Å². The number of rotatable bonds is 6. The van der Waals surface area contributed by atoms with Crippen molar-refractivity contribution in [3.05, 3.63) is 77.9 Å². The summed E-state index contributed by atoms with van der Waals surface area (Å²) in [6, 6.07) is 16.2. The summed E-state index contributed by atoms with van der Waals surface area (Å²) in [7, 11) is 0. The van der Waals surface area contributed by atoms with E-state index in [0.29, 0.717) is 24.9 Å². The maximum absolute atomic E-state index is 13.3. The molecular formula is C20H21FN4O. The molecule has 0 aliphatic rings. The predicted molar refractivity (Wildman–Crippen MR) is 100.0 cm³/mol. The van der Waals surface area contributed by atoms with Gasteiger partial charge in [-0.15, -0.1) is 0 Å². The van der Waals surface area contributed by atoms with Gasteiger partial charge >= 0.3 is 0 Å². The van der Waals surface area contributed by atoms with Crippen molar-refractivity contribution in [2.75, 3.05) is 6.54 Å². The largest absolute Gasteiger partial charge is 0.444 e. The van der Waals surface area contributed by atoms with E-state index in [1.165, 1.54) is 12.1 Å². The van der Waals surface area contributed by atoms with Gasteiger partial charge in [0, 0.05) is 12.1 Å². The maximum atomic E-state index is 13.3. The SMILES string of the molecule is CCNC(=NCc1cccc(F)c1)NCc1coc(-c2ccccc2)n1. The van der Waals surface area contributed by atoms with Gasteiger partial charge in [0.05, 0.1) is 18.8 Å². The summed E-state index contributed by atoms with van der Waals surface area (Å²) in [5.41, 5.74) is 2.53. The van der Waals surface area contributed by atoms with E-state index in [9.17, 15) is 4.39 Å². The smallest absolute Gasteiger partial charge is 0.226 e.